The van der Waals surface area contributed by atoms with Gasteiger partial charge >= 0.3 is 7.12 Å². The first kappa shape index (κ1) is 8.94. The molecule has 0 aliphatic rings. The molecule has 0 aromatic heterocycles. The fourth-order valence-corrected chi connectivity index (χ4v) is 0.713. The molecule has 0 bridgehead atoms. The molecular weight excluding hydrogens is 117 g/mol. The Morgan fingerprint density at radius 3 is 1.78 bits per heavy atom. The first-order valence-electron chi connectivity index (χ1n) is 3.29. The zero-order valence-corrected chi connectivity index (χ0v) is 6.04. The Morgan fingerprint density at radius 1 is 1.22 bits per heavy atom. The highest BCUT2D eigenvalue weighted by Crippen LogP contribution is 1.85. The van der Waals surface area contributed by atoms with E-state index in [0.29, 0.717) is 6.44 Å². The van der Waals surface area contributed by atoms with Gasteiger partial charge in [-0.2, -0.15) is 0 Å². The van der Waals surface area contributed by atoms with Gasteiger partial charge in [-0.1, -0.05) is 13.8 Å². The number of nitrogens with zero attached hydrogens (tertiary/aromatic N) is 1. The van der Waals surface area contributed by atoms with Crippen LogP contribution in [0.4, 0.5) is 0 Å². The van der Waals surface area contributed by atoms with Crippen LogP contribution in [0.15, 0.2) is 0 Å². The molecule has 0 radical (unpaired) electrons. The first-order chi connectivity index (χ1) is 4.20. The Labute approximate surface area is 56.4 Å². The maximum Gasteiger partial charge on any atom is 0.466 e. The lowest BCUT2D eigenvalue weighted by atomic mass is 9.91. The molecule has 2 N–H and O–H groups in total. The fourth-order valence-electron chi connectivity index (χ4n) is 0.713. The molecule has 0 saturated heterocycles. The average molecular weight is 131 g/mol. The molecule has 0 heterocycles. The van der Waals surface area contributed by atoms with Crippen LogP contribution >= 0.6 is 0 Å². The van der Waals surface area contributed by atoms with Gasteiger partial charge in [-0.05, 0) is 13.1 Å². The molecule has 0 amide bonds. The highest BCUT2D eigenvalue weighted by atomic mass is 16.4. The van der Waals surface area contributed by atoms with Gasteiger partial charge in [-0.15, -0.1) is 0 Å². The molecule has 0 aliphatic carbocycles. The van der Waals surface area contributed by atoms with Gasteiger partial charge in [0.15, 0.2) is 0 Å². The molecule has 4 heteroatoms. The van der Waals surface area contributed by atoms with Crippen LogP contribution < -0.4 is 0 Å². The summed E-state index contributed by atoms with van der Waals surface area (Å²) in [5.41, 5.74) is 0. The molecule has 0 atom stereocenters. The largest absolute Gasteiger partial charge is 0.466 e. The third kappa shape index (κ3) is 4.45. The van der Waals surface area contributed by atoms with E-state index in [9.17, 15) is 0 Å². The summed E-state index contributed by atoms with van der Waals surface area (Å²) in [6.07, 6.45) is 0.354. The molecule has 0 fully saturated rings. The minimum atomic E-state index is -1.19. The Kier molecular flexibility index (Phi) is 4.76. The normalized spacial score (nSPS) is 10.3. The maximum atomic E-state index is 8.50. The summed E-state index contributed by atoms with van der Waals surface area (Å²) in [6.45, 7) is 5.72. The van der Waals surface area contributed by atoms with Crippen molar-refractivity contribution in [2.45, 2.75) is 13.8 Å². The lowest BCUT2D eigenvalue weighted by Gasteiger charge is -2.16. The van der Waals surface area contributed by atoms with Crippen LogP contribution in [0.25, 0.3) is 0 Å². The molecule has 0 saturated carbocycles. The molecule has 0 aliphatic heterocycles. The third-order valence-corrected chi connectivity index (χ3v) is 1.32. The van der Waals surface area contributed by atoms with Crippen molar-refractivity contribution in [1.82, 2.24) is 4.90 Å². The lowest BCUT2D eigenvalue weighted by molar-refractivity contribution is 0.299. The number of hydrogen-bond acceptors (Lipinski definition) is 3. The smallest absolute Gasteiger partial charge is 0.426 e. The molecule has 54 valence electrons. The fraction of sp³-hybridized carbons (Fsp3) is 1.00. The van der Waals surface area contributed by atoms with Crippen molar-refractivity contribution in [3.8, 4) is 0 Å². The second-order valence-electron chi connectivity index (χ2n) is 1.97. The van der Waals surface area contributed by atoms with Crippen LogP contribution in [0.5, 0.6) is 0 Å². The molecule has 0 spiro atoms. The molecule has 0 unspecified atom stereocenters. The van der Waals surface area contributed by atoms with Crippen molar-refractivity contribution in [3.05, 3.63) is 0 Å². The van der Waals surface area contributed by atoms with Crippen molar-refractivity contribution in [3.63, 3.8) is 0 Å². The van der Waals surface area contributed by atoms with Gasteiger partial charge in [0.25, 0.3) is 0 Å². The van der Waals surface area contributed by atoms with Gasteiger partial charge in [-0.3, -0.25) is 0 Å². The van der Waals surface area contributed by atoms with Crippen LogP contribution in [0.3, 0.4) is 0 Å². The molecule has 0 aromatic rings. The van der Waals surface area contributed by atoms with Gasteiger partial charge < -0.3 is 14.9 Å². The Morgan fingerprint density at radius 2 is 1.67 bits per heavy atom. The second-order valence-corrected chi connectivity index (χ2v) is 1.97. The van der Waals surface area contributed by atoms with Crippen molar-refractivity contribution >= 4 is 7.12 Å². The minimum absolute atomic E-state index is 0.354. The zero-order valence-electron chi connectivity index (χ0n) is 6.04. The summed E-state index contributed by atoms with van der Waals surface area (Å²) < 4.78 is 0. The minimum Gasteiger partial charge on any atom is -0.426 e. The van der Waals surface area contributed by atoms with Crippen LogP contribution in [0.1, 0.15) is 13.8 Å². The number of hydrogen-bond donors (Lipinski definition) is 2. The summed E-state index contributed by atoms with van der Waals surface area (Å²) in [4.78, 5) is 1.95. The summed E-state index contributed by atoms with van der Waals surface area (Å²) in [6, 6.07) is 0. The van der Waals surface area contributed by atoms with Crippen LogP contribution in [0, 0.1) is 0 Å². The van der Waals surface area contributed by atoms with E-state index in [2.05, 4.69) is 0 Å². The summed E-state index contributed by atoms with van der Waals surface area (Å²) >= 11 is 0. The van der Waals surface area contributed by atoms with E-state index < -0.39 is 7.12 Å². The highest BCUT2D eigenvalue weighted by molar-refractivity contribution is 6.41. The van der Waals surface area contributed by atoms with E-state index in [4.69, 9.17) is 10.0 Å². The summed E-state index contributed by atoms with van der Waals surface area (Å²) in [7, 11) is -1.19. The SMILES string of the molecule is CCN(CC)CB(O)O. The molecule has 9 heavy (non-hydrogen) atoms. The topological polar surface area (TPSA) is 43.7 Å². The third-order valence-electron chi connectivity index (χ3n) is 1.32. The quantitative estimate of drug-likeness (QED) is 0.497. The first-order valence-corrected chi connectivity index (χ1v) is 3.29. The van der Waals surface area contributed by atoms with E-state index >= 15 is 0 Å². The Balaban J connectivity index is 3.31. The summed E-state index contributed by atoms with van der Waals surface area (Å²) in [5.74, 6) is 0. The highest BCUT2D eigenvalue weighted by Gasteiger charge is 2.10. The van der Waals surface area contributed by atoms with Crippen molar-refractivity contribution in [2.75, 3.05) is 19.5 Å². The number of rotatable bonds is 4. The van der Waals surface area contributed by atoms with Crippen molar-refractivity contribution in [2.24, 2.45) is 0 Å². The van der Waals surface area contributed by atoms with E-state index in [0.717, 1.165) is 13.1 Å². The monoisotopic (exact) mass is 131 g/mol. The van der Waals surface area contributed by atoms with Gasteiger partial charge in [0, 0.05) is 6.44 Å². The predicted octanol–water partition coefficient (Wildman–Crippen LogP) is -0.660. The van der Waals surface area contributed by atoms with E-state index in [1.165, 1.54) is 0 Å². The molecule has 3 nitrogen and oxygen atoms in total. The Hall–Kier alpha value is -0.0551. The van der Waals surface area contributed by atoms with Crippen LogP contribution in [-0.2, 0) is 0 Å². The van der Waals surface area contributed by atoms with E-state index in [-0.39, 0.29) is 0 Å². The predicted molar refractivity (Wildman–Crippen MR) is 38.0 cm³/mol. The maximum absolute atomic E-state index is 8.50. The van der Waals surface area contributed by atoms with Gasteiger partial charge in [0.1, 0.15) is 0 Å². The Bertz CT molecular complexity index is 66.0. The summed E-state index contributed by atoms with van der Waals surface area (Å²) in [5, 5.41) is 17.0. The lowest BCUT2D eigenvalue weighted by Crippen LogP contribution is -2.35. The van der Waals surface area contributed by atoms with Crippen LogP contribution in [0.2, 0.25) is 0 Å². The second kappa shape index (κ2) is 4.79. The van der Waals surface area contributed by atoms with Gasteiger partial charge in [-0.25, -0.2) is 0 Å². The molecule has 0 rings (SSSR count). The standard InChI is InChI=1S/C5H14BNO2/c1-3-7(4-2)5-6(8)9/h8-9H,3-5H2,1-2H3. The van der Waals surface area contributed by atoms with Gasteiger partial charge in [0.05, 0.1) is 0 Å². The molecular formula is C5H14BNO2. The van der Waals surface area contributed by atoms with E-state index in [1.54, 1.807) is 0 Å². The van der Waals surface area contributed by atoms with Crippen molar-refractivity contribution < 1.29 is 10.0 Å². The molecule has 0 aromatic carbocycles. The average Bonchev–Trinajstić information content (AvgIpc) is 1.82. The van der Waals surface area contributed by atoms with Crippen molar-refractivity contribution in [1.29, 1.82) is 0 Å². The van der Waals surface area contributed by atoms with Crippen LogP contribution in [-0.4, -0.2) is 41.6 Å². The zero-order chi connectivity index (χ0) is 7.28. The van der Waals surface area contributed by atoms with Gasteiger partial charge in [0.2, 0.25) is 0 Å². The van der Waals surface area contributed by atoms with E-state index in [1.807, 2.05) is 18.7 Å².